The first-order chi connectivity index (χ1) is 13.7. The van der Waals surface area contributed by atoms with Crippen LogP contribution >= 0.6 is 0 Å². The molecule has 0 atom stereocenters. The van der Waals surface area contributed by atoms with Crippen LogP contribution in [0.25, 0.3) is 0 Å². The second-order valence-corrected chi connectivity index (χ2v) is 6.07. The fraction of sp³-hybridized carbons (Fsp3) is 0.136. The SMILES string of the molecule is COc1cc(C(=O)Nc2ccccc2Oc2ccccc2)cc2c1OCCO2. The number of ether oxygens (including phenoxy) is 4. The minimum atomic E-state index is -0.306. The van der Waals surface area contributed by atoms with Gasteiger partial charge in [0.1, 0.15) is 19.0 Å². The van der Waals surface area contributed by atoms with Gasteiger partial charge in [0.25, 0.3) is 5.91 Å². The van der Waals surface area contributed by atoms with Crippen LogP contribution in [0, 0.1) is 0 Å². The average Bonchev–Trinajstić information content (AvgIpc) is 2.75. The van der Waals surface area contributed by atoms with E-state index < -0.39 is 0 Å². The molecule has 1 N–H and O–H groups in total. The van der Waals surface area contributed by atoms with E-state index in [1.54, 1.807) is 24.3 Å². The highest BCUT2D eigenvalue weighted by atomic mass is 16.6. The molecule has 1 heterocycles. The predicted octanol–water partition coefficient (Wildman–Crippen LogP) is 4.51. The second-order valence-electron chi connectivity index (χ2n) is 6.07. The zero-order valence-corrected chi connectivity index (χ0v) is 15.3. The number of hydrogen-bond donors (Lipinski definition) is 1. The van der Waals surface area contributed by atoms with Crippen molar-refractivity contribution < 1.29 is 23.7 Å². The van der Waals surface area contributed by atoms with E-state index in [0.717, 1.165) is 0 Å². The Balaban J connectivity index is 1.59. The van der Waals surface area contributed by atoms with Gasteiger partial charge in [-0.15, -0.1) is 0 Å². The zero-order chi connectivity index (χ0) is 19.3. The van der Waals surface area contributed by atoms with E-state index in [2.05, 4.69) is 5.32 Å². The molecule has 142 valence electrons. The molecule has 0 fully saturated rings. The summed E-state index contributed by atoms with van der Waals surface area (Å²) in [7, 11) is 1.53. The first-order valence-corrected chi connectivity index (χ1v) is 8.85. The minimum absolute atomic E-state index is 0.306. The normalized spacial score (nSPS) is 12.2. The average molecular weight is 377 g/mol. The molecule has 0 aromatic heterocycles. The van der Waals surface area contributed by atoms with Crippen molar-refractivity contribution in [3.63, 3.8) is 0 Å². The lowest BCUT2D eigenvalue weighted by Gasteiger charge is -2.21. The first-order valence-electron chi connectivity index (χ1n) is 8.85. The summed E-state index contributed by atoms with van der Waals surface area (Å²) < 4.78 is 22.4. The van der Waals surface area contributed by atoms with Gasteiger partial charge in [0.05, 0.1) is 12.8 Å². The lowest BCUT2D eigenvalue weighted by atomic mass is 10.1. The number of carbonyl (C=O) groups is 1. The van der Waals surface area contributed by atoms with E-state index in [-0.39, 0.29) is 5.91 Å². The molecule has 3 aromatic rings. The largest absolute Gasteiger partial charge is 0.493 e. The Bertz CT molecular complexity index is 970. The molecule has 6 heteroatoms. The molecule has 3 aromatic carbocycles. The summed E-state index contributed by atoms with van der Waals surface area (Å²) >= 11 is 0. The molecule has 0 spiro atoms. The maximum atomic E-state index is 12.9. The van der Waals surface area contributed by atoms with Gasteiger partial charge in [-0.2, -0.15) is 0 Å². The zero-order valence-electron chi connectivity index (χ0n) is 15.3. The molecule has 0 bridgehead atoms. The van der Waals surface area contributed by atoms with E-state index in [1.165, 1.54) is 7.11 Å². The summed E-state index contributed by atoms with van der Waals surface area (Å²) in [4.78, 5) is 12.9. The molecule has 6 nitrogen and oxygen atoms in total. The molecule has 0 unspecified atom stereocenters. The third-order valence-corrected chi connectivity index (χ3v) is 4.20. The predicted molar refractivity (Wildman–Crippen MR) is 105 cm³/mol. The fourth-order valence-corrected chi connectivity index (χ4v) is 2.87. The van der Waals surface area contributed by atoms with Crippen molar-refractivity contribution in [3.05, 3.63) is 72.3 Å². The third kappa shape index (κ3) is 3.71. The van der Waals surface area contributed by atoms with Gasteiger partial charge in [-0.1, -0.05) is 30.3 Å². The Kier molecular flexibility index (Phi) is 5.01. The maximum Gasteiger partial charge on any atom is 0.256 e. The number of methoxy groups -OCH3 is 1. The van der Waals surface area contributed by atoms with Gasteiger partial charge < -0.3 is 24.3 Å². The van der Waals surface area contributed by atoms with Crippen LogP contribution in [0.3, 0.4) is 0 Å². The van der Waals surface area contributed by atoms with Crippen LogP contribution in [-0.2, 0) is 0 Å². The van der Waals surface area contributed by atoms with Gasteiger partial charge in [0.15, 0.2) is 17.2 Å². The highest BCUT2D eigenvalue weighted by molar-refractivity contribution is 6.05. The Labute approximate surface area is 162 Å². The molecule has 0 saturated carbocycles. The molecule has 0 aliphatic carbocycles. The number of hydrogen-bond acceptors (Lipinski definition) is 5. The van der Waals surface area contributed by atoms with Gasteiger partial charge in [0, 0.05) is 5.56 Å². The number of fused-ring (bicyclic) bond motifs is 1. The number of anilines is 1. The van der Waals surface area contributed by atoms with Crippen LogP contribution in [0.1, 0.15) is 10.4 Å². The first kappa shape index (κ1) is 17.7. The second kappa shape index (κ2) is 7.92. The maximum absolute atomic E-state index is 12.9. The highest BCUT2D eigenvalue weighted by Gasteiger charge is 2.21. The van der Waals surface area contributed by atoms with Crippen molar-refractivity contribution >= 4 is 11.6 Å². The van der Waals surface area contributed by atoms with E-state index in [9.17, 15) is 4.79 Å². The number of para-hydroxylation sites is 3. The molecule has 0 saturated heterocycles. The lowest BCUT2D eigenvalue weighted by molar-refractivity contribution is 0.102. The summed E-state index contributed by atoms with van der Waals surface area (Å²) in [5.74, 6) is 2.38. The molecular formula is C22H19NO5. The molecule has 1 amide bonds. The Morgan fingerprint density at radius 1 is 0.929 bits per heavy atom. The quantitative estimate of drug-likeness (QED) is 0.709. The lowest BCUT2D eigenvalue weighted by Crippen LogP contribution is -2.18. The fourth-order valence-electron chi connectivity index (χ4n) is 2.87. The highest BCUT2D eigenvalue weighted by Crippen LogP contribution is 2.40. The van der Waals surface area contributed by atoms with Crippen LogP contribution in [0.2, 0.25) is 0 Å². The van der Waals surface area contributed by atoms with E-state index >= 15 is 0 Å². The molecule has 1 aliphatic rings. The van der Waals surface area contributed by atoms with Crippen LogP contribution in [0.4, 0.5) is 5.69 Å². The summed E-state index contributed by atoms with van der Waals surface area (Å²) in [6.07, 6.45) is 0. The third-order valence-electron chi connectivity index (χ3n) is 4.20. The van der Waals surface area contributed by atoms with Crippen LogP contribution in [0.15, 0.2) is 66.7 Å². The number of benzene rings is 3. The molecule has 1 aliphatic heterocycles. The molecule has 4 rings (SSSR count). The summed E-state index contributed by atoms with van der Waals surface area (Å²) in [5.41, 5.74) is 0.959. The number of amides is 1. The molecular weight excluding hydrogens is 358 g/mol. The van der Waals surface area contributed by atoms with Crippen molar-refractivity contribution in [2.75, 3.05) is 25.6 Å². The Morgan fingerprint density at radius 3 is 2.50 bits per heavy atom. The van der Waals surface area contributed by atoms with Gasteiger partial charge in [-0.3, -0.25) is 4.79 Å². The minimum Gasteiger partial charge on any atom is -0.493 e. The van der Waals surface area contributed by atoms with Gasteiger partial charge >= 0.3 is 0 Å². The van der Waals surface area contributed by atoms with Crippen LogP contribution < -0.4 is 24.3 Å². The van der Waals surface area contributed by atoms with E-state index in [0.29, 0.717) is 53.2 Å². The number of nitrogens with one attached hydrogen (secondary N) is 1. The Hall–Kier alpha value is -3.67. The molecule has 0 radical (unpaired) electrons. The summed E-state index contributed by atoms with van der Waals surface area (Å²) in [6.45, 7) is 0.869. The van der Waals surface area contributed by atoms with Crippen molar-refractivity contribution in [3.8, 4) is 28.7 Å². The monoisotopic (exact) mass is 377 g/mol. The van der Waals surface area contributed by atoms with Gasteiger partial charge in [-0.05, 0) is 36.4 Å². The van der Waals surface area contributed by atoms with E-state index in [1.807, 2.05) is 42.5 Å². The van der Waals surface area contributed by atoms with Crippen molar-refractivity contribution in [1.82, 2.24) is 0 Å². The molecule has 28 heavy (non-hydrogen) atoms. The smallest absolute Gasteiger partial charge is 0.256 e. The van der Waals surface area contributed by atoms with Gasteiger partial charge in [0.2, 0.25) is 5.75 Å². The summed E-state index contributed by atoms with van der Waals surface area (Å²) in [6, 6.07) is 19.9. The number of carbonyl (C=O) groups excluding carboxylic acids is 1. The standard InChI is InChI=1S/C22H19NO5/c1-25-19-13-15(14-20-21(19)27-12-11-26-20)22(24)23-17-9-5-6-10-18(17)28-16-7-3-2-4-8-16/h2-10,13-14H,11-12H2,1H3,(H,23,24). The number of rotatable bonds is 5. The van der Waals surface area contributed by atoms with Crippen molar-refractivity contribution in [2.45, 2.75) is 0 Å². The van der Waals surface area contributed by atoms with Gasteiger partial charge in [-0.25, -0.2) is 0 Å². The van der Waals surface area contributed by atoms with Crippen LogP contribution in [0.5, 0.6) is 28.7 Å². The van der Waals surface area contributed by atoms with Crippen molar-refractivity contribution in [1.29, 1.82) is 0 Å². The van der Waals surface area contributed by atoms with Crippen LogP contribution in [-0.4, -0.2) is 26.2 Å². The summed E-state index contributed by atoms with van der Waals surface area (Å²) in [5, 5.41) is 2.89. The Morgan fingerprint density at radius 2 is 1.68 bits per heavy atom. The van der Waals surface area contributed by atoms with E-state index in [4.69, 9.17) is 18.9 Å². The van der Waals surface area contributed by atoms with Crippen molar-refractivity contribution in [2.24, 2.45) is 0 Å². The topological polar surface area (TPSA) is 66.0 Å².